The summed E-state index contributed by atoms with van der Waals surface area (Å²) in [5.41, 5.74) is 0. The molecule has 0 aliphatic heterocycles. The molecule has 0 bridgehead atoms. The van der Waals surface area contributed by atoms with Crippen molar-refractivity contribution < 1.29 is 40.6 Å². The van der Waals surface area contributed by atoms with Crippen molar-refractivity contribution in [2.45, 2.75) is 0 Å². The van der Waals surface area contributed by atoms with Gasteiger partial charge >= 0.3 is 17.1 Å². The van der Waals surface area contributed by atoms with Gasteiger partial charge in [-0.15, -0.1) is 0 Å². The molecular formula is H6F5MnP. The molecular weight excluding hydrogens is 181 g/mol. The quantitative estimate of drug-likeness (QED) is 0.201. The number of hydrogen-bond donors (Lipinski definition) is 0. The molecule has 0 nitrogen and oxygen atoms in total. The fourth-order valence-electron chi connectivity index (χ4n) is 0. The molecule has 0 fully saturated rings. The van der Waals surface area contributed by atoms with E-state index in [2.05, 4.69) is 0 Å². The molecule has 1 radical (unpaired) electrons. The van der Waals surface area contributed by atoms with Crippen LogP contribution in [-0.2, 0) is 17.1 Å². The van der Waals surface area contributed by atoms with Gasteiger partial charge in [-0.3, -0.25) is 14.1 Å². The van der Waals surface area contributed by atoms with E-state index in [1.807, 2.05) is 0 Å². The first-order valence-electron chi connectivity index (χ1n) is 0. The maximum Gasteiger partial charge on any atom is 2.00 e. The van der Waals surface area contributed by atoms with Crippen molar-refractivity contribution in [2.24, 2.45) is 0 Å². The van der Waals surface area contributed by atoms with Gasteiger partial charge in [0.25, 0.3) is 0 Å². The third-order valence-corrected chi connectivity index (χ3v) is 0. The first-order chi connectivity index (χ1) is 0. The molecule has 0 saturated heterocycles. The predicted molar refractivity (Wildman–Crippen MR) is 18.6 cm³/mol. The summed E-state index contributed by atoms with van der Waals surface area (Å²) in [5, 5.41) is 0. The summed E-state index contributed by atoms with van der Waals surface area (Å²) in [5.74, 6) is 0. The van der Waals surface area contributed by atoms with E-state index in [0.717, 1.165) is 0 Å². The molecule has 0 aliphatic rings. The zero-order valence-corrected chi connectivity index (χ0v) is 5.66. The first-order valence-corrected chi connectivity index (χ1v) is 0. The van der Waals surface area contributed by atoms with Crippen molar-refractivity contribution in [2.75, 3.05) is 0 Å². The summed E-state index contributed by atoms with van der Waals surface area (Å²) in [6.45, 7) is 0. The fraction of sp³-hybridized carbons (Fsp3) is 0. The fourth-order valence-corrected chi connectivity index (χ4v) is 0. The van der Waals surface area contributed by atoms with Crippen molar-refractivity contribution in [3.05, 3.63) is 0 Å². The first kappa shape index (κ1) is 921. The maximum atomic E-state index is 0. The Bertz CT molecular complexity index is 8.04. The molecule has 0 aromatic carbocycles. The van der Waals surface area contributed by atoms with Crippen LogP contribution in [-0.4, -0.2) is 0 Å². The molecule has 1 atom stereocenters. The standard InChI is InChI=1S/5FH.Mn.H3P/h5*1H;;1H3/q;;;;;+2;/p-2. The van der Waals surface area contributed by atoms with Crippen LogP contribution < -0.4 is 9.41 Å². The Morgan fingerprint density at radius 2 is 0.571 bits per heavy atom. The smallest absolute Gasteiger partial charge is 1.00 e. The molecule has 1 unspecified atom stereocenters. The van der Waals surface area contributed by atoms with Gasteiger partial charge in [-0.2, -0.15) is 9.90 Å². The van der Waals surface area contributed by atoms with Crippen molar-refractivity contribution >= 4 is 9.90 Å². The van der Waals surface area contributed by atoms with E-state index in [0.29, 0.717) is 0 Å². The van der Waals surface area contributed by atoms with Crippen LogP contribution in [0.1, 0.15) is 0 Å². The molecule has 0 rings (SSSR count). The van der Waals surface area contributed by atoms with Gasteiger partial charge in [0.05, 0.1) is 0 Å². The minimum absolute atomic E-state index is 0. The summed E-state index contributed by atoms with van der Waals surface area (Å²) in [6.07, 6.45) is 0. The van der Waals surface area contributed by atoms with Crippen molar-refractivity contribution in [3.8, 4) is 0 Å². The van der Waals surface area contributed by atoms with Gasteiger partial charge in [0, 0.05) is 0 Å². The summed E-state index contributed by atoms with van der Waals surface area (Å²) < 4.78 is 0. The molecule has 0 saturated carbocycles. The minimum Gasteiger partial charge on any atom is -1.00 e. The Morgan fingerprint density at radius 3 is 0.571 bits per heavy atom. The SMILES string of the molecule is F.F.F.P.[F-].[F-].[Mn+2]. The summed E-state index contributed by atoms with van der Waals surface area (Å²) in [7, 11) is 0. The molecule has 0 aliphatic carbocycles. The van der Waals surface area contributed by atoms with E-state index in [-0.39, 0.29) is 50.5 Å². The monoisotopic (exact) mass is 187 g/mol. The van der Waals surface area contributed by atoms with E-state index in [1.54, 1.807) is 0 Å². The van der Waals surface area contributed by atoms with Crippen LogP contribution >= 0.6 is 9.90 Å². The molecule has 0 aromatic rings. The van der Waals surface area contributed by atoms with Crippen molar-refractivity contribution in [1.82, 2.24) is 0 Å². The van der Waals surface area contributed by atoms with Gasteiger partial charge in [-0.05, 0) is 0 Å². The Kier molecular flexibility index (Phi) is 75800. The normalized spacial score (nSPS) is 0. The van der Waals surface area contributed by atoms with Crippen LogP contribution in [0, 0.1) is 0 Å². The van der Waals surface area contributed by atoms with Gasteiger partial charge < -0.3 is 9.41 Å². The molecule has 0 amide bonds. The third kappa shape index (κ3) is 388. The Labute approximate surface area is 51.4 Å². The maximum absolute atomic E-state index is 0. The number of hydrogen-bond acceptors (Lipinski definition) is 0. The molecule has 0 aromatic heterocycles. The van der Waals surface area contributed by atoms with Crippen molar-refractivity contribution in [3.63, 3.8) is 0 Å². The molecule has 7 heavy (non-hydrogen) atoms. The minimum atomic E-state index is 0. The van der Waals surface area contributed by atoms with Crippen LogP contribution in [0.25, 0.3) is 0 Å². The van der Waals surface area contributed by atoms with Crippen molar-refractivity contribution in [1.29, 1.82) is 0 Å². The Hall–Kier alpha value is 0.599. The van der Waals surface area contributed by atoms with Gasteiger partial charge in [0.15, 0.2) is 0 Å². The van der Waals surface area contributed by atoms with E-state index in [1.165, 1.54) is 0 Å². The summed E-state index contributed by atoms with van der Waals surface area (Å²) in [4.78, 5) is 0. The van der Waals surface area contributed by atoms with Gasteiger partial charge in [0.2, 0.25) is 0 Å². The van der Waals surface area contributed by atoms with Crippen LogP contribution in [0.3, 0.4) is 0 Å². The summed E-state index contributed by atoms with van der Waals surface area (Å²) in [6, 6.07) is 0. The molecule has 0 heterocycles. The molecule has 7 heteroatoms. The van der Waals surface area contributed by atoms with Crippen LogP contribution in [0.15, 0.2) is 0 Å². The van der Waals surface area contributed by atoms with Crippen LogP contribution in [0.5, 0.6) is 0 Å². The Balaban J connectivity index is 0. The Morgan fingerprint density at radius 1 is 0.571 bits per heavy atom. The third-order valence-electron chi connectivity index (χ3n) is 0. The average molecular weight is 187 g/mol. The largest absolute Gasteiger partial charge is 2.00 e. The van der Waals surface area contributed by atoms with Gasteiger partial charge in [-0.25, -0.2) is 0 Å². The zero-order valence-electron chi connectivity index (χ0n) is 3.07. The topological polar surface area (TPSA) is 0 Å². The van der Waals surface area contributed by atoms with E-state index < -0.39 is 0 Å². The van der Waals surface area contributed by atoms with E-state index in [4.69, 9.17) is 0 Å². The molecule has 0 spiro atoms. The van der Waals surface area contributed by atoms with Gasteiger partial charge in [-0.1, -0.05) is 0 Å². The van der Waals surface area contributed by atoms with Gasteiger partial charge in [0.1, 0.15) is 0 Å². The van der Waals surface area contributed by atoms with E-state index in [9.17, 15) is 0 Å². The average Bonchev–Trinajstić information content (AvgIpc) is 0. The van der Waals surface area contributed by atoms with E-state index >= 15 is 0 Å². The second kappa shape index (κ2) is 576. The number of halogens is 5. The van der Waals surface area contributed by atoms with Crippen LogP contribution in [0.4, 0.5) is 14.1 Å². The number of rotatable bonds is 0. The predicted octanol–water partition coefficient (Wildman–Crippen LogP) is -5.48. The molecule has 0 N–H and O–H groups in total. The summed E-state index contributed by atoms with van der Waals surface area (Å²) >= 11 is 0. The second-order valence-corrected chi connectivity index (χ2v) is 0. The second-order valence-electron chi connectivity index (χ2n) is 0. The zero-order chi connectivity index (χ0) is 0. The van der Waals surface area contributed by atoms with Crippen LogP contribution in [0.2, 0.25) is 0 Å². The molecule has 53 valence electrons.